The van der Waals surface area contributed by atoms with Crippen molar-refractivity contribution in [3.63, 3.8) is 0 Å². The molecule has 2 aromatic rings. The highest BCUT2D eigenvalue weighted by molar-refractivity contribution is 5.97. The second-order valence-electron chi connectivity index (χ2n) is 4.62. The van der Waals surface area contributed by atoms with Crippen LogP contribution in [0.25, 0.3) is 17.1 Å². The van der Waals surface area contributed by atoms with Crippen LogP contribution in [0.3, 0.4) is 0 Å². The first-order valence-electron chi connectivity index (χ1n) is 6.67. The zero-order valence-electron chi connectivity index (χ0n) is 12.3. The summed E-state index contributed by atoms with van der Waals surface area (Å²) in [7, 11) is 1.51. The maximum atomic E-state index is 11.9. The molecule has 2 rings (SSSR count). The van der Waals surface area contributed by atoms with E-state index in [4.69, 9.17) is 14.7 Å². The predicted molar refractivity (Wildman–Crippen MR) is 80.6 cm³/mol. The van der Waals surface area contributed by atoms with Gasteiger partial charge in [0.15, 0.2) is 0 Å². The van der Waals surface area contributed by atoms with Crippen molar-refractivity contribution in [2.24, 2.45) is 0 Å². The van der Waals surface area contributed by atoms with Crippen molar-refractivity contribution in [1.82, 2.24) is 9.97 Å². The third-order valence-corrected chi connectivity index (χ3v) is 2.81. The minimum absolute atomic E-state index is 0.132. The van der Waals surface area contributed by atoms with Crippen molar-refractivity contribution in [3.05, 3.63) is 41.7 Å². The number of fused-ring (bicyclic) bond motifs is 1. The van der Waals surface area contributed by atoms with Gasteiger partial charge in [0, 0.05) is 7.11 Å². The lowest BCUT2D eigenvalue weighted by Gasteiger charge is -2.11. The lowest BCUT2D eigenvalue weighted by molar-refractivity contribution is -0.145. The van der Waals surface area contributed by atoms with Crippen molar-refractivity contribution in [2.45, 2.75) is 13.0 Å². The lowest BCUT2D eigenvalue weighted by atomic mass is 10.2. The van der Waals surface area contributed by atoms with Gasteiger partial charge in [0.1, 0.15) is 17.7 Å². The highest BCUT2D eigenvalue weighted by Crippen LogP contribution is 2.12. The molecule has 6 nitrogen and oxygen atoms in total. The van der Waals surface area contributed by atoms with Crippen LogP contribution in [0.1, 0.15) is 12.6 Å². The van der Waals surface area contributed by atoms with Gasteiger partial charge >= 0.3 is 5.97 Å². The van der Waals surface area contributed by atoms with Crippen LogP contribution in [0.5, 0.6) is 0 Å². The van der Waals surface area contributed by atoms with E-state index in [1.165, 1.54) is 19.4 Å². The van der Waals surface area contributed by atoms with Crippen LogP contribution in [0, 0.1) is 11.3 Å². The highest BCUT2D eigenvalue weighted by atomic mass is 16.6. The van der Waals surface area contributed by atoms with Gasteiger partial charge in [-0.25, -0.2) is 9.78 Å². The Hall–Kier alpha value is -2.78. The summed E-state index contributed by atoms with van der Waals surface area (Å²) in [6.45, 7) is 1.95. The topological polar surface area (TPSA) is 85.1 Å². The molecule has 0 aliphatic carbocycles. The number of rotatable bonds is 5. The molecule has 1 aromatic carbocycles. The van der Waals surface area contributed by atoms with Crippen molar-refractivity contribution < 1.29 is 14.3 Å². The number of benzene rings is 1. The number of ether oxygens (including phenoxy) is 2. The summed E-state index contributed by atoms with van der Waals surface area (Å²) in [5, 5.41) is 9.12. The average molecular weight is 297 g/mol. The molecule has 0 fully saturated rings. The van der Waals surface area contributed by atoms with Crippen LogP contribution in [-0.4, -0.2) is 35.8 Å². The van der Waals surface area contributed by atoms with E-state index in [1.54, 1.807) is 6.92 Å². The number of aromatic nitrogens is 2. The second kappa shape index (κ2) is 7.29. The first-order valence-corrected chi connectivity index (χ1v) is 6.67. The van der Waals surface area contributed by atoms with Crippen LogP contribution in [0.15, 0.2) is 36.0 Å². The van der Waals surface area contributed by atoms with Crippen LogP contribution >= 0.6 is 0 Å². The maximum Gasteiger partial charge on any atom is 0.349 e. The van der Waals surface area contributed by atoms with Crippen LogP contribution < -0.4 is 0 Å². The molecule has 0 radical (unpaired) electrons. The Labute approximate surface area is 128 Å². The number of hydrogen-bond donors (Lipinski definition) is 0. The first-order chi connectivity index (χ1) is 10.6. The number of nitrogens with zero attached hydrogens (tertiary/aromatic N) is 3. The molecule has 0 spiro atoms. The molecule has 0 N–H and O–H groups in total. The molecule has 0 aliphatic heterocycles. The fraction of sp³-hybridized carbons (Fsp3) is 0.250. The summed E-state index contributed by atoms with van der Waals surface area (Å²) in [6.07, 6.45) is 2.43. The Morgan fingerprint density at radius 2 is 2.14 bits per heavy atom. The van der Waals surface area contributed by atoms with Gasteiger partial charge in [-0.2, -0.15) is 5.26 Å². The van der Waals surface area contributed by atoms with Gasteiger partial charge in [0.25, 0.3) is 0 Å². The average Bonchev–Trinajstić information content (AvgIpc) is 2.52. The minimum Gasteiger partial charge on any atom is -0.456 e. The molecule has 1 heterocycles. The van der Waals surface area contributed by atoms with E-state index in [-0.39, 0.29) is 12.2 Å². The van der Waals surface area contributed by atoms with E-state index < -0.39 is 12.1 Å². The first kappa shape index (κ1) is 15.6. The van der Waals surface area contributed by atoms with Crippen LogP contribution in [-0.2, 0) is 14.3 Å². The molecule has 1 aromatic heterocycles. The molecule has 1 atom stereocenters. The SMILES string of the molecule is COC[C@H](C)OC(=O)/C(C#N)=C/c1cnc2ccccc2n1. The third kappa shape index (κ3) is 3.87. The van der Waals surface area contributed by atoms with Crippen LogP contribution in [0.4, 0.5) is 0 Å². The molecule has 0 bridgehead atoms. The number of hydrogen-bond acceptors (Lipinski definition) is 6. The van der Waals surface area contributed by atoms with Gasteiger partial charge in [0.2, 0.25) is 0 Å². The zero-order chi connectivity index (χ0) is 15.9. The van der Waals surface area contributed by atoms with Crippen LogP contribution in [0.2, 0.25) is 0 Å². The fourth-order valence-corrected chi connectivity index (χ4v) is 1.84. The Balaban J connectivity index is 2.23. The predicted octanol–water partition coefficient (Wildman–Crippen LogP) is 2.11. The zero-order valence-corrected chi connectivity index (χ0v) is 12.3. The Morgan fingerprint density at radius 3 is 2.82 bits per heavy atom. The summed E-state index contributed by atoms with van der Waals surface area (Å²) in [5.74, 6) is -0.706. The molecule has 0 saturated heterocycles. The van der Waals surface area contributed by atoms with E-state index in [2.05, 4.69) is 9.97 Å². The Morgan fingerprint density at radius 1 is 1.41 bits per heavy atom. The van der Waals surface area contributed by atoms with Gasteiger partial charge in [-0.3, -0.25) is 4.98 Å². The van der Waals surface area contributed by atoms with Gasteiger partial charge in [-0.15, -0.1) is 0 Å². The second-order valence-corrected chi connectivity index (χ2v) is 4.62. The van der Waals surface area contributed by atoms with Gasteiger partial charge < -0.3 is 9.47 Å². The van der Waals surface area contributed by atoms with Crippen molar-refractivity contribution in [1.29, 1.82) is 5.26 Å². The van der Waals surface area contributed by atoms with Gasteiger partial charge in [0.05, 0.1) is 29.5 Å². The molecule has 112 valence electrons. The van der Waals surface area contributed by atoms with Gasteiger partial charge in [-0.1, -0.05) is 12.1 Å². The molecule has 6 heteroatoms. The number of nitriles is 1. The van der Waals surface area contributed by atoms with Crippen molar-refractivity contribution >= 4 is 23.1 Å². The summed E-state index contributed by atoms with van der Waals surface area (Å²) in [6, 6.07) is 9.18. The Bertz CT molecular complexity index is 750. The monoisotopic (exact) mass is 297 g/mol. The smallest absolute Gasteiger partial charge is 0.349 e. The highest BCUT2D eigenvalue weighted by Gasteiger charge is 2.15. The van der Waals surface area contributed by atoms with E-state index >= 15 is 0 Å². The van der Waals surface area contributed by atoms with E-state index in [0.717, 1.165) is 5.52 Å². The lowest BCUT2D eigenvalue weighted by Crippen LogP contribution is -2.20. The number of carbonyl (C=O) groups is 1. The Kier molecular flexibility index (Phi) is 5.17. The summed E-state index contributed by atoms with van der Waals surface area (Å²) in [5.41, 5.74) is 1.73. The molecule has 22 heavy (non-hydrogen) atoms. The normalized spacial score (nSPS) is 12.7. The van der Waals surface area contributed by atoms with Gasteiger partial charge in [-0.05, 0) is 25.1 Å². The minimum atomic E-state index is -0.706. The third-order valence-electron chi connectivity index (χ3n) is 2.81. The largest absolute Gasteiger partial charge is 0.456 e. The molecule has 0 amide bonds. The number of para-hydroxylation sites is 2. The summed E-state index contributed by atoms with van der Waals surface area (Å²) in [4.78, 5) is 20.5. The van der Waals surface area contributed by atoms with Crippen molar-refractivity contribution in [3.8, 4) is 6.07 Å². The van der Waals surface area contributed by atoms with E-state index in [0.29, 0.717) is 11.2 Å². The maximum absolute atomic E-state index is 11.9. The molecule has 0 aliphatic rings. The molecule has 0 saturated carbocycles. The number of esters is 1. The molecular weight excluding hydrogens is 282 g/mol. The fourth-order valence-electron chi connectivity index (χ4n) is 1.84. The number of carbonyl (C=O) groups excluding carboxylic acids is 1. The molecule has 0 unspecified atom stereocenters. The van der Waals surface area contributed by atoms with E-state index in [9.17, 15) is 4.79 Å². The van der Waals surface area contributed by atoms with E-state index in [1.807, 2.05) is 30.3 Å². The number of methoxy groups -OCH3 is 1. The summed E-state index contributed by atoms with van der Waals surface area (Å²) < 4.78 is 9.98. The van der Waals surface area contributed by atoms with Crippen molar-refractivity contribution in [2.75, 3.05) is 13.7 Å². The molecular formula is C16H15N3O3. The quantitative estimate of drug-likeness (QED) is 0.477. The standard InChI is InChI=1S/C16H15N3O3/c1-11(10-21-2)22-16(20)12(8-17)7-13-9-18-14-5-3-4-6-15(14)19-13/h3-7,9,11H,10H2,1-2H3/b12-7+/t11-/m0/s1. The summed E-state index contributed by atoms with van der Waals surface area (Å²) >= 11 is 0.